The molecule has 0 radical (unpaired) electrons. The van der Waals surface area contributed by atoms with Gasteiger partial charge in [0.2, 0.25) is 0 Å². The Bertz CT molecular complexity index is 419. The largest absolute Gasteiger partial charge is 0.389 e. The molecule has 1 fully saturated rings. The van der Waals surface area contributed by atoms with Crippen LogP contribution in [-0.4, -0.2) is 17.7 Å². The number of aliphatic hydroxyl groups is 1. The Hall–Kier alpha value is -1.09. The summed E-state index contributed by atoms with van der Waals surface area (Å²) < 4.78 is 14.1. The van der Waals surface area contributed by atoms with E-state index in [1.807, 2.05) is 6.07 Å². The Labute approximate surface area is 108 Å². The summed E-state index contributed by atoms with van der Waals surface area (Å²) >= 11 is 0. The molecule has 1 N–H and O–H groups in total. The third kappa shape index (κ3) is 2.66. The lowest BCUT2D eigenvalue weighted by Gasteiger charge is -2.38. The predicted octanol–water partition coefficient (Wildman–Crippen LogP) is 3.50. The van der Waals surface area contributed by atoms with Crippen LogP contribution in [0.15, 0.2) is 18.2 Å². The molecule has 1 aliphatic rings. The van der Waals surface area contributed by atoms with E-state index in [2.05, 4.69) is 18.7 Å². The number of benzene rings is 1. The van der Waals surface area contributed by atoms with Gasteiger partial charge in [-0.1, -0.05) is 13.0 Å². The van der Waals surface area contributed by atoms with Gasteiger partial charge >= 0.3 is 0 Å². The van der Waals surface area contributed by atoms with Crippen LogP contribution in [0.1, 0.15) is 45.3 Å². The molecular weight excluding hydrogens is 229 g/mol. The Morgan fingerprint density at radius 1 is 1.33 bits per heavy atom. The van der Waals surface area contributed by atoms with E-state index in [4.69, 9.17) is 0 Å². The first-order valence-corrected chi connectivity index (χ1v) is 6.73. The highest BCUT2D eigenvalue weighted by Gasteiger charge is 2.25. The molecule has 1 saturated heterocycles. The highest BCUT2D eigenvalue weighted by molar-refractivity contribution is 5.50. The quantitative estimate of drug-likeness (QED) is 0.869. The van der Waals surface area contributed by atoms with Crippen LogP contribution in [0.4, 0.5) is 10.1 Å². The van der Waals surface area contributed by atoms with Crippen molar-refractivity contribution in [1.82, 2.24) is 0 Å². The second kappa shape index (κ2) is 5.27. The summed E-state index contributed by atoms with van der Waals surface area (Å²) in [4.78, 5) is 2.15. The first-order chi connectivity index (χ1) is 8.49. The minimum atomic E-state index is -0.619. The van der Waals surface area contributed by atoms with E-state index in [0.717, 1.165) is 13.0 Å². The van der Waals surface area contributed by atoms with Crippen molar-refractivity contribution in [2.24, 2.45) is 5.92 Å². The molecule has 100 valence electrons. The third-order valence-corrected chi connectivity index (χ3v) is 3.88. The molecule has 2 nitrogen and oxygen atoms in total. The molecule has 1 aromatic rings. The van der Waals surface area contributed by atoms with Gasteiger partial charge in [-0.2, -0.15) is 0 Å². The molecule has 3 heteroatoms. The maximum absolute atomic E-state index is 14.1. The standard InChI is InChI=1S/C15H22FNO/c1-10-4-5-11(2)17(9-10)15-7-6-13(12(3)18)8-14(15)16/h6-8,10-12,18H,4-5,9H2,1-3H3/t10?,11?,12-/m1/s1. The van der Waals surface area contributed by atoms with Crippen molar-refractivity contribution >= 4 is 5.69 Å². The van der Waals surface area contributed by atoms with Crippen LogP contribution in [0, 0.1) is 11.7 Å². The molecule has 0 aromatic heterocycles. The summed E-state index contributed by atoms with van der Waals surface area (Å²) in [7, 11) is 0. The lowest BCUT2D eigenvalue weighted by atomic mass is 9.94. The number of halogens is 1. The zero-order chi connectivity index (χ0) is 13.3. The number of piperidine rings is 1. The summed E-state index contributed by atoms with van der Waals surface area (Å²) in [6, 6.07) is 5.44. The van der Waals surface area contributed by atoms with Crippen LogP contribution in [0.5, 0.6) is 0 Å². The fourth-order valence-electron chi connectivity index (χ4n) is 2.64. The number of nitrogens with zero attached hydrogens (tertiary/aromatic N) is 1. The molecule has 0 spiro atoms. The second-order valence-corrected chi connectivity index (χ2v) is 5.57. The fraction of sp³-hybridized carbons (Fsp3) is 0.600. The molecule has 2 rings (SSSR count). The topological polar surface area (TPSA) is 23.5 Å². The van der Waals surface area contributed by atoms with Gasteiger partial charge in [-0.05, 0) is 50.3 Å². The van der Waals surface area contributed by atoms with Crippen molar-refractivity contribution in [3.8, 4) is 0 Å². The molecule has 0 amide bonds. The molecular formula is C15H22FNO. The highest BCUT2D eigenvalue weighted by atomic mass is 19.1. The second-order valence-electron chi connectivity index (χ2n) is 5.57. The van der Waals surface area contributed by atoms with Crippen LogP contribution < -0.4 is 4.90 Å². The average Bonchev–Trinajstić information content (AvgIpc) is 2.32. The average molecular weight is 251 g/mol. The molecule has 18 heavy (non-hydrogen) atoms. The lowest BCUT2D eigenvalue weighted by molar-refractivity contribution is 0.199. The van der Waals surface area contributed by atoms with Crippen LogP contribution in [-0.2, 0) is 0 Å². The molecule has 2 unspecified atom stereocenters. The highest BCUT2D eigenvalue weighted by Crippen LogP contribution is 2.30. The number of hydrogen-bond donors (Lipinski definition) is 1. The maximum Gasteiger partial charge on any atom is 0.146 e. The van der Waals surface area contributed by atoms with Crippen molar-refractivity contribution < 1.29 is 9.50 Å². The Morgan fingerprint density at radius 2 is 2.06 bits per heavy atom. The minimum absolute atomic E-state index is 0.227. The minimum Gasteiger partial charge on any atom is -0.389 e. The monoisotopic (exact) mass is 251 g/mol. The van der Waals surface area contributed by atoms with Gasteiger partial charge in [0, 0.05) is 12.6 Å². The number of rotatable bonds is 2. The fourth-order valence-corrected chi connectivity index (χ4v) is 2.64. The predicted molar refractivity (Wildman–Crippen MR) is 72.2 cm³/mol. The molecule has 1 heterocycles. The maximum atomic E-state index is 14.1. The first-order valence-electron chi connectivity index (χ1n) is 6.73. The summed E-state index contributed by atoms with van der Waals surface area (Å²) in [6.45, 7) is 6.92. The Morgan fingerprint density at radius 3 is 2.67 bits per heavy atom. The Balaban J connectivity index is 2.27. The van der Waals surface area contributed by atoms with Crippen LogP contribution in [0.3, 0.4) is 0 Å². The molecule has 0 saturated carbocycles. The van der Waals surface area contributed by atoms with Gasteiger partial charge in [0.05, 0.1) is 11.8 Å². The Kier molecular flexibility index (Phi) is 3.91. The SMILES string of the molecule is CC1CCC(C)N(c2ccc([C@@H](C)O)cc2F)C1. The summed E-state index contributed by atoms with van der Waals surface area (Å²) in [5.74, 6) is 0.381. The zero-order valence-electron chi connectivity index (χ0n) is 11.4. The van der Waals surface area contributed by atoms with Gasteiger partial charge in [0.1, 0.15) is 5.82 Å². The molecule has 1 aromatic carbocycles. The molecule has 3 atom stereocenters. The van der Waals surface area contributed by atoms with Crippen LogP contribution in [0.2, 0.25) is 0 Å². The third-order valence-electron chi connectivity index (χ3n) is 3.88. The van der Waals surface area contributed by atoms with Crippen LogP contribution in [0.25, 0.3) is 0 Å². The summed E-state index contributed by atoms with van der Waals surface area (Å²) in [5, 5.41) is 9.46. The molecule has 1 aliphatic heterocycles. The van der Waals surface area contributed by atoms with E-state index in [9.17, 15) is 9.50 Å². The van der Waals surface area contributed by atoms with Gasteiger partial charge in [-0.25, -0.2) is 4.39 Å². The van der Waals surface area contributed by atoms with E-state index in [0.29, 0.717) is 23.2 Å². The molecule has 0 bridgehead atoms. The van der Waals surface area contributed by atoms with E-state index in [-0.39, 0.29) is 5.82 Å². The van der Waals surface area contributed by atoms with Gasteiger partial charge in [-0.3, -0.25) is 0 Å². The lowest BCUT2D eigenvalue weighted by Crippen LogP contribution is -2.41. The van der Waals surface area contributed by atoms with Crippen molar-refractivity contribution in [2.75, 3.05) is 11.4 Å². The normalized spacial score (nSPS) is 26.2. The van der Waals surface area contributed by atoms with Crippen molar-refractivity contribution in [3.05, 3.63) is 29.6 Å². The van der Waals surface area contributed by atoms with Crippen molar-refractivity contribution in [2.45, 2.75) is 45.8 Å². The van der Waals surface area contributed by atoms with Crippen LogP contribution >= 0.6 is 0 Å². The smallest absolute Gasteiger partial charge is 0.146 e. The first kappa shape index (κ1) is 13.3. The number of hydrogen-bond acceptors (Lipinski definition) is 2. The number of aliphatic hydroxyl groups excluding tert-OH is 1. The van der Waals surface area contributed by atoms with E-state index in [1.165, 1.54) is 12.5 Å². The zero-order valence-corrected chi connectivity index (χ0v) is 11.4. The van der Waals surface area contributed by atoms with Gasteiger partial charge in [0.15, 0.2) is 0 Å². The van der Waals surface area contributed by atoms with E-state index in [1.54, 1.807) is 13.0 Å². The van der Waals surface area contributed by atoms with E-state index < -0.39 is 6.10 Å². The summed E-state index contributed by atoms with van der Waals surface area (Å²) in [6.07, 6.45) is 1.70. The molecule has 0 aliphatic carbocycles. The van der Waals surface area contributed by atoms with Gasteiger partial charge in [0.25, 0.3) is 0 Å². The van der Waals surface area contributed by atoms with Crippen molar-refractivity contribution in [1.29, 1.82) is 0 Å². The van der Waals surface area contributed by atoms with Gasteiger partial charge < -0.3 is 10.0 Å². The summed E-state index contributed by atoms with van der Waals surface area (Å²) in [5.41, 5.74) is 1.30. The van der Waals surface area contributed by atoms with E-state index >= 15 is 0 Å². The van der Waals surface area contributed by atoms with Crippen molar-refractivity contribution in [3.63, 3.8) is 0 Å². The van der Waals surface area contributed by atoms with Gasteiger partial charge in [-0.15, -0.1) is 0 Å². The number of anilines is 1.